The first-order valence-electron chi connectivity index (χ1n) is 6.73. The van der Waals surface area contributed by atoms with Gasteiger partial charge in [0.25, 0.3) is 0 Å². The van der Waals surface area contributed by atoms with Crippen LogP contribution in [0.5, 0.6) is 5.75 Å². The van der Waals surface area contributed by atoms with Crippen LogP contribution < -0.4 is 15.8 Å². The van der Waals surface area contributed by atoms with Crippen molar-refractivity contribution in [2.45, 2.75) is 26.3 Å². The van der Waals surface area contributed by atoms with Gasteiger partial charge in [0.05, 0.1) is 7.11 Å². The highest BCUT2D eigenvalue weighted by atomic mass is 16.5. The normalized spacial score (nSPS) is 23.8. The molecule has 0 aliphatic heterocycles. The van der Waals surface area contributed by atoms with Gasteiger partial charge in [-0.2, -0.15) is 0 Å². The number of aryl methyl sites for hydroxylation is 1. The lowest BCUT2D eigenvalue weighted by Gasteiger charge is -2.18. The van der Waals surface area contributed by atoms with Crippen molar-refractivity contribution in [3.05, 3.63) is 29.3 Å². The highest BCUT2D eigenvalue weighted by molar-refractivity contribution is 5.37. The summed E-state index contributed by atoms with van der Waals surface area (Å²) in [6.45, 7) is 6.08. The highest BCUT2D eigenvalue weighted by Gasteiger charge is 2.32. The van der Waals surface area contributed by atoms with Crippen molar-refractivity contribution in [3.63, 3.8) is 0 Å². The molecule has 3 atom stereocenters. The third-order valence-corrected chi connectivity index (χ3v) is 3.96. The average molecular weight is 248 g/mol. The molecule has 1 aliphatic carbocycles. The monoisotopic (exact) mass is 248 g/mol. The number of ether oxygens (including phenoxy) is 1. The SMILES string of the molecule is COc1ccc(C(CN)NCC2CC2C)cc1C. The van der Waals surface area contributed by atoms with Crippen LogP contribution in [0.3, 0.4) is 0 Å². The van der Waals surface area contributed by atoms with E-state index in [9.17, 15) is 0 Å². The van der Waals surface area contributed by atoms with E-state index in [0.29, 0.717) is 6.54 Å². The smallest absolute Gasteiger partial charge is 0.121 e. The van der Waals surface area contributed by atoms with E-state index in [2.05, 4.69) is 31.3 Å². The summed E-state index contributed by atoms with van der Waals surface area (Å²) in [5.41, 5.74) is 8.29. The van der Waals surface area contributed by atoms with Crippen molar-refractivity contribution in [1.82, 2.24) is 5.32 Å². The summed E-state index contributed by atoms with van der Waals surface area (Å²) >= 11 is 0. The Kier molecular flexibility index (Phi) is 4.25. The number of benzene rings is 1. The molecule has 0 spiro atoms. The Morgan fingerprint density at radius 1 is 1.50 bits per heavy atom. The lowest BCUT2D eigenvalue weighted by atomic mass is 10.0. The van der Waals surface area contributed by atoms with Gasteiger partial charge in [-0.1, -0.05) is 19.1 Å². The number of methoxy groups -OCH3 is 1. The summed E-state index contributed by atoms with van der Waals surface area (Å²) in [5.74, 6) is 2.66. The topological polar surface area (TPSA) is 47.3 Å². The van der Waals surface area contributed by atoms with E-state index in [4.69, 9.17) is 10.5 Å². The first-order valence-corrected chi connectivity index (χ1v) is 6.73. The lowest BCUT2D eigenvalue weighted by molar-refractivity contribution is 0.411. The van der Waals surface area contributed by atoms with Crippen molar-refractivity contribution < 1.29 is 4.74 Å². The van der Waals surface area contributed by atoms with Gasteiger partial charge in [0.15, 0.2) is 0 Å². The van der Waals surface area contributed by atoms with Crippen LogP contribution >= 0.6 is 0 Å². The third kappa shape index (κ3) is 3.03. The minimum absolute atomic E-state index is 0.252. The van der Waals surface area contributed by atoms with Crippen molar-refractivity contribution in [3.8, 4) is 5.75 Å². The number of rotatable bonds is 6. The van der Waals surface area contributed by atoms with E-state index in [0.717, 1.165) is 29.7 Å². The molecule has 0 saturated heterocycles. The molecule has 0 aromatic heterocycles. The summed E-state index contributed by atoms with van der Waals surface area (Å²) < 4.78 is 5.28. The maximum Gasteiger partial charge on any atom is 0.121 e. The maximum absolute atomic E-state index is 5.87. The van der Waals surface area contributed by atoms with Gasteiger partial charge in [-0.15, -0.1) is 0 Å². The van der Waals surface area contributed by atoms with E-state index in [-0.39, 0.29) is 6.04 Å². The molecule has 1 aliphatic rings. The van der Waals surface area contributed by atoms with Gasteiger partial charge >= 0.3 is 0 Å². The standard InChI is InChI=1S/C15H24N2O/c1-10-6-13(10)9-17-14(8-16)12-4-5-15(18-3)11(2)7-12/h4-5,7,10,13-14,17H,6,8-9,16H2,1-3H3. The van der Waals surface area contributed by atoms with Gasteiger partial charge in [0, 0.05) is 12.6 Å². The van der Waals surface area contributed by atoms with Crippen LogP contribution in [0.1, 0.15) is 30.5 Å². The fourth-order valence-corrected chi connectivity index (χ4v) is 2.43. The molecule has 0 amide bonds. The number of nitrogens with one attached hydrogen (secondary N) is 1. The Labute approximate surface area is 110 Å². The minimum atomic E-state index is 0.252. The van der Waals surface area contributed by atoms with Crippen molar-refractivity contribution in [2.75, 3.05) is 20.2 Å². The van der Waals surface area contributed by atoms with Crippen LogP contribution in [-0.2, 0) is 0 Å². The first-order chi connectivity index (χ1) is 8.65. The highest BCUT2D eigenvalue weighted by Crippen LogP contribution is 2.37. The molecule has 0 radical (unpaired) electrons. The molecule has 1 saturated carbocycles. The van der Waals surface area contributed by atoms with Crippen molar-refractivity contribution in [1.29, 1.82) is 0 Å². The van der Waals surface area contributed by atoms with E-state index in [1.165, 1.54) is 12.0 Å². The second-order valence-corrected chi connectivity index (χ2v) is 5.40. The molecule has 0 heterocycles. The molecule has 1 fully saturated rings. The predicted molar refractivity (Wildman–Crippen MR) is 74.8 cm³/mol. The van der Waals surface area contributed by atoms with Gasteiger partial charge < -0.3 is 15.8 Å². The van der Waals surface area contributed by atoms with Crippen LogP contribution in [0, 0.1) is 18.8 Å². The van der Waals surface area contributed by atoms with E-state index in [1.807, 2.05) is 6.07 Å². The van der Waals surface area contributed by atoms with Crippen LogP contribution in [0.25, 0.3) is 0 Å². The fourth-order valence-electron chi connectivity index (χ4n) is 2.43. The fraction of sp³-hybridized carbons (Fsp3) is 0.600. The predicted octanol–water partition coefficient (Wildman–Crippen LogP) is 2.25. The summed E-state index contributed by atoms with van der Waals surface area (Å²) in [6, 6.07) is 6.55. The van der Waals surface area contributed by atoms with Crippen molar-refractivity contribution in [2.24, 2.45) is 17.6 Å². The largest absolute Gasteiger partial charge is 0.496 e. The van der Waals surface area contributed by atoms with Gasteiger partial charge in [-0.05, 0) is 48.9 Å². The van der Waals surface area contributed by atoms with E-state index in [1.54, 1.807) is 7.11 Å². The molecule has 18 heavy (non-hydrogen) atoms. The lowest BCUT2D eigenvalue weighted by Crippen LogP contribution is -2.30. The Hall–Kier alpha value is -1.06. The van der Waals surface area contributed by atoms with Gasteiger partial charge in [-0.25, -0.2) is 0 Å². The summed E-state index contributed by atoms with van der Waals surface area (Å²) in [4.78, 5) is 0. The third-order valence-electron chi connectivity index (χ3n) is 3.96. The second-order valence-electron chi connectivity index (χ2n) is 5.40. The average Bonchev–Trinajstić information content (AvgIpc) is 3.06. The Balaban J connectivity index is 2.00. The summed E-state index contributed by atoms with van der Waals surface area (Å²) in [7, 11) is 1.70. The Morgan fingerprint density at radius 3 is 2.72 bits per heavy atom. The molecule has 100 valence electrons. The molecule has 3 N–H and O–H groups in total. The van der Waals surface area contributed by atoms with Crippen LogP contribution in [-0.4, -0.2) is 20.2 Å². The van der Waals surface area contributed by atoms with Crippen molar-refractivity contribution >= 4 is 0 Å². The zero-order valence-electron chi connectivity index (χ0n) is 11.6. The molecule has 1 aromatic rings. The first kappa shape index (κ1) is 13.4. The molecular weight excluding hydrogens is 224 g/mol. The molecule has 0 bridgehead atoms. The molecule has 1 aromatic carbocycles. The Bertz CT molecular complexity index is 405. The molecule has 3 nitrogen and oxygen atoms in total. The van der Waals surface area contributed by atoms with E-state index < -0.39 is 0 Å². The molecule has 3 unspecified atom stereocenters. The number of hydrogen-bond acceptors (Lipinski definition) is 3. The van der Waals surface area contributed by atoms with Crippen LogP contribution in [0.2, 0.25) is 0 Å². The van der Waals surface area contributed by atoms with E-state index >= 15 is 0 Å². The number of nitrogens with two attached hydrogens (primary N) is 1. The molecule has 2 rings (SSSR count). The van der Waals surface area contributed by atoms with Gasteiger partial charge in [0.2, 0.25) is 0 Å². The minimum Gasteiger partial charge on any atom is -0.496 e. The molecule has 3 heteroatoms. The summed E-state index contributed by atoms with van der Waals surface area (Å²) in [6.07, 6.45) is 1.35. The van der Waals surface area contributed by atoms with Crippen LogP contribution in [0.15, 0.2) is 18.2 Å². The quantitative estimate of drug-likeness (QED) is 0.811. The summed E-state index contributed by atoms with van der Waals surface area (Å²) in [5, 5.41) is 3.58. The molecular formula is C15H24N2O. The Morgan fingerprint density at radius 2 is 2.22 bits per heavy atom. The van der Waals surface area contributed by atoms with Gasteiger partial charge in [-0.3, -0.25) is 0 Å². The maximum atomic E-state index is 5.87. The van der Waals surface area contributed by atoms with Gasteiger partial charge in [0.1, 0.15) is 5.75 Å². The number of hydrogen-bond donors (Lipinski definition) is 2. The zero-order chi connectivity index (χ0) is 13.1. The zero-order valence-corrected chi connectivity index (χ0v) is 11.6. The second kappa shape index (κ2) is 5.72. The van der Waals surface area contributed by atoms with Crippen LogP contribution in [0.4, 0.5) is 0 Å².